The van der Waals surface area contributed by atoms with E-state index >= 15 is 0 Å². The van der Waals surface area contributed by atoms with Crippen molar-refractivity contribution in [2.45, 2.75) is 0 Å². The molecule has 7 heavy (non-hydrogen) atoms. The molecule has 0 saturated carbocycles. The van der Waals surface area contributed by atoms with Crippen molar-refractivity contribution < 1.29 is 6.53 Å². The number of hydrogen-bond donors (Lipinski definition) is 1. The second-order valence-corrected chi connectivity index (χ2v) is 1.21. The highest BCUT2D eigenvalue weighted by Gasteiger charge is 1.76. The number of nitrogens with zero attached hydrogens (tertiary/aromatic N) is 1. The van der Waals surface area contributed by atoms with E-state index in [-0.39, 0.29) is 7.18 Å². The fraction of sp³-hybridized carbons (Fsp3) is 0. The van der Waals surface area contributed by atoms with Crippen molar-refractivity contribution in [2.24, 2.45) is 0 Å². The van der Waals surface area contributed by atoms with Crippen LogP contribution >= 0.6 is 0 Å². The molecule has 0 radical (unpaired) electrons. The molecule has 0 fully saturated rings. The summed E-state index contributed by atoms with van der Waals surface area (Å²) in [5.74, 6) is 0.211. The smallest absolute Gasteiger partial charge is 0.506 e. The molecule has 0 aliphatic heterocycles. The lowest BCUT2D eigenvalue weighted by Gasteiger charge is -1.81. The van der Waals surface area contributed by atoms with Gasteiger partial charge in [-0.3, -0.25) is 4.98 Å². The third-order valence-electron chi connectivity index (χ3n) is 0.646. The number of aromatic nitrogens is 1. The van der Waals surface area contributed by atoms with Gasteiger partial charge in [0, 0.05) is 6.20 Å². The van der Waals surface area contributed by atoms with Crippen molar-refractivity contribution in [3.63, 3.8) is 0 Å². The molecule has 36 valence electrons. The summed E-state index contributed by atoms with van der Waals surface area (Å²) in [4.78, 5) is 3.63. The zero-order valence-electron chi connectivity index (χ0n) is 4.70. The maximum Gasteiger partial charge on any atom is 1.00 e. The second-order valence-electron chi connectivity index (χ2n) is 1.21. The zero-order chi connectivity index (χ0) is 5.11. The molecular formula is C5H6NO+. The monoisotopic (exact) mass is 96.0 g/mol. The molecule has 0 unspecified atom stereocenters. The largest absolute Gasteiger partial charge is 1.00 e. The second kappa shape index (κ2) is 1.60. The van der Waals surface area contributed by atoms with Crippen molar-refractivity contribution >= 4 is 0 Å². The molecule has 2 nitrogen and oxygen atoms in total. The average molecular weight is 96.1 g/mol. The van der Waals surface area contributed by atoms with Crippen molar-refractivity contribution in [1.29, 1.82) is 0 Å². The Morgan fingerprint density at radius 1 is 1.71 bits per heavy atom. The van der Waals surface area contributed by atoms with Crippen LogP contribution in [0.5, 0.6) is 5.75 Å². The standard InChI is InChI=1S/C5H5NO/c7-5-2-1-3-6-4-5/h1-4,7H/p+1. The van der Waals surface area contributed by atoms with Crippen molar-refractivity contribution in [3.05, 3.63) is 24.5 Å². The topological polar surface area (TPSA) is 33.1 Å². The highest BCUT2D eigenvalue weighted by molar-refractivity contribution is 5.12. The van der Waals surface area contributed by atoms with Crippen molar-refractivity contribution in [2.75, 3.05) is 0 Å². The van der Waals surface area contributed by atoms with Gasteiger partial charge in [-0.15, -0.1) is 0 Å². The first-order chi connectivity index (χ1) is 3.39. The van der Waals surface area contributed by atoms with Gasteiger partial charge in [-0.1, -0.05) is 0 Å². The van der Waals surface area contributed by atoms with Gasteiger partial charge in [0.2, 0.25) is 0 Å². The Balaban J connectivity index is 0.000000490. The van der Waals surface area contributed by atoms with E-state index < -0.39 is 0 Å². The normalized spacial score (nSPS) is 8.57. The van der Waals surface area contributed by atoms with Gasteiger partial charge in [0.15, 0.2) is 0 Å². The Morgan fingerprint density at radius 3 is 2.86 bits per heavy atom. The first kappa shape index (κ1) is 4.12. The minimum absolute atomic E-state index is 0. The van der Waals surface area contributed by atoms with Crippen LogP contribution in [0.4, 0.5) is 0 Å². The van der Waals surface area contributed by atoms with Crippen LogP contribution in [0.1, 0.15) is 1.43 Å². The van der Waals surface area contributed by atoms with Crippen LogP contribution in [0.2, 0.25) is 0 Å². The first-order valence-corrected chi connectivity index (χ1v) is 1.98. The maximum absolute atomic E-state index is 8.57. The Kier molecular flexibility index (Phi) is 0.941. The number of hydrogen-bond acceptors (Lipinski definition) is 2. The van der Waals surface area contributed by atoms with Gasteiger partial charge in [-0.25, -0.2) is 0 Å². The molecule has 2 heteroatoms. The third kappa shape index (κ3) is 0.892. The van der Waals surface area contributed by atoms with E-state index in [9.17, 15) is 0 Å². The summed E-state index contributed by atoms with van der Waals surface area (Å²) in [5, 5.41) is 8.57. The summed E-state index contributed by atoms with van der Waals surface area (Å²) in [6.45, 7) is 0. The molecular weight excluding hydrogens is 90.1 g/mol. The first-order valence-electron chi connectivity index (χ1n) is 1.98. The van der Waals surface area contributed by atoms with E-state index in [1.807, 2.05) is 0 Å². The Morgan fingerprint density at radius 2 is 2.57 bits per heavy atom. The van der Waals surface area contributed by atoms with Crippen LogP contribution in [0.3, 0.4) is 0 Å². The predicted molar refractivity (Wildman–Crippen MR) is 27.0 cm³/mol. The summed E-state index contributed by atoms with van der Waals surface area (Å²) in [5.41, 5.74) is 0. The molecule has 0 saturated heterocycles. The van der Waals surface area contributed by atoms with Crippen LogP contribution < -0.4 is 0 Å². The van der Waals surface area contributed by atoms with Gasteiger partial charge in [-0.2, -0.15) is 0 Å². The van der Waals surface area contributed by atoms with E-state index in [1.54, 1.807) is 18.3 Å². The number of pyridine rings is 1. The maximum atomic E-state index is 8.57. The van der Waals surface area contributed by atoms with E-state index in [2.05, 4.69) is 4.98 Å². The molecule has 1 heterocycles. The predicted octanol–water partition coefficient (Wildman–Crippen LogP) is 0.900. The van der Waals surface area contributed by atoms with Crippen LogP contribution in [0.15, 0.2) is 24.5 Å². The molecule has 0 atom stereocenters. The molecule has 1 aromatic heterocycles. The fourth-order valence-electron chi connectivity index (χ4n) is 0.354. The van der Waals surface area contributed by atoms with Crippen LogP contribution in [-0.2, 0) is 0 Å². The lowest BCUT2D eigenvalue weighted by molar-refractivity contribution is 0.472. The van der Waals surface area contributed by atoms with Crippen LogP contribution in [0, 0.1) is 0 Å². The molecule has 0 aromatic carbocycles. The molecule has 1 N–H and O–H groups in total. The number of aromatic hydroxyl groups is 1. The highest BCUT2D eigenvalue weighted by Crippen LogP contribution is 1.99. The van der Waals surface area contributed by atoms with E-state index in [0.717, 1.165) is 0 Å². The summed E-state index contributed by atoms with van der Waals surface area (Å²) in [7, 11) is 0. The lowest BCUT2D eigenvalue weighted by Crippen LogP contribution is -1.64. The number of rotatable bonds is 0. The minimum Gasteiger partial charge on any atom is -0.506 e. The Hall–Kier alpha value is -1.05. The third-order valence-corrected chi connectivity index (χ3v) is 0.646. The molecule has 0 bridgehead atoms. The summed E-state index contributed by atoms with van der Waals surface area (Å²) in [6, 6.07) is 3.25. The Labute approximate surface area is 42.9 Å². The van der Waals surface area contributed by atoms with Gasteiger partial charge in [0.1, 0.15) is 5.75 Å². The lowest BCUT2D eigenvalue weighted by atomic mass is 10.5. The zero-order valence-corrected chi connectivity index (χ0v) is 3.70. The summed E-state index contributed by atoms with van der Waals surface area (Å²) in [6.07, 6.45) is 3.00. The Bertz CT molecular complexity index is 142. The minimum atomic E-state index is 0. The van der Waals surface area contributed by atoms with Gasteiger partial charge in [0.25, 0.3) is 0 Å². The average Bonchev–Trinajstić information content (AvgIpc) is 1.69. The van der Waals surface area contributed by atoms with E-state index in [4.69, 9.17) is 5.11 Å². The van der Waals surface area contributed by atoms with Crippen molar-refractivity contribution in [3.8, 4) is 5.75 Å². The SMILES string of the molecule is Oc1cccnc1.[H+]. The molecule has 1 rings (SSSR count). The summed E-state index contributed by atoms with van der Waals surface area (Å²) < 4.78 is 0. The van der Waals surface area contributed by atoms with Crippen molar-refractivity contribution in [1.82, 2.24) is 4.98 Å². The van der Waals surface area contributed by atoms with Gasteiger partial charge in [-0.05, 0) is 12.1 Å². The van der Waals surface area contributed by atoms with Gasteiger partial charge < -0.3 is 5.11 Å². The van der Waals surface area contributed by atoms with E-state index in [0.29, 0.717) is 0 Å². The molecule has 0 aliphatic carbocycles. The molecule has 0 amide bonds. The molecule has 0 spiro atoms. The van der Waals surface area contributed by atoms with E-state index in [1.165, 1.54) is 6.20 Å². The summed E-state index contributed by atoms with van der Waals surface area (Å²) >= 11 is 0. The quantitative estimate of drug-likeness (QED) is 0.520. The highest BCUT2D eigenvalue weighted by atomic mass is 16.3. The molecule has 1 aromatic rings. The van der Waals surface area contributed by atoms with Crippen LogP contribution in [0.25, 0.3) is 0 Å². The van der Waals surface area contributed by atoms with Gasteiger partial charge in [0.05, 0.1) is 6.20 Å². The fourth-order valence-corrected chi connectivity index (χ4v) is 0.354. The van der Waals surface area contributed by atoms with Crippen LogP contribution in [-0.4, -0.2) is 10.1 Å². The van der Waals surface area contributed by atoms with Gasteiger partial charge >= 0.3 is 1.43 Å². The molecule has 0 aliphatic rings.